The Bertz CT molecular complexity index is 703. The zero-order valence-corrected chi connectivity index (χ0v) is 14.9. The van der Waals surface area contributed by atoms with E-state index in [4.69, 9.17) is 4.52 Å². The molecule has 3 rings (SSSR count). The van der Waals surface area contributed by atoms with Gasteiger partial charge in [0.15, 0.2) is 5.82 Å². The van der Waals surface area contributed by atoms with Gasteiger partial charge >= 0.3 is 6.03 Å². The number of urea groups is 1. The summed E-state index contributed by atoms with van der Waals surface area (Å²) in [6.07, 6.45) is 0.943. The molecule has 7 heteroatoms. The summed E-state index contributed by atoms with van der Waals surface area (Å²) in [7, 11) is 0. The summed E-state index contributed by atoms with van der Waals surface area (Å²) in [5, 5.41) is 9.63. The van der Waals surface area contributed by atoms with Crippen LogP contribution in [0.5, 0.6) is 0 Å². The summed E-state index contributed by atoms with van der Waals surface area (Å²) in [6.45, 7) is 7.60. The fourth-order valence-electron chi connectivity index (χ4n) is 3.17. The van der Waals surface area contributed by atoms with Crippen molar-refractivity contribution in [3.05, 3.63) is 47.6 Å². The van der Waals surface area contributed by atoms with Crippen LogP contribution in [0.15, 0.2) is 34.9 Å². The van der Waals surface area contributed by atoms with E-state index in [1.165, 1.54) is 5.56 Å². The van der Waals surface area contributed by atoms with Crippen molar-refractivity contribution < 1.29 is 9.32 Å². The van der Waals surface area contributed by atoms with Crippen molar-refractivity contribution in [1.82, 2.24) is 25.7 Å². The van der Waals surface area contributed by atoms with Crippen LogP contribution < -0.4 is 10.6 Å². The quantitative estimate of drug-likeness (QED) is 0.872. The van der Waals surface area contributed by atoms with E-state index in [0.717, 1.165) is 19.5 Å². The maximum Gasteiger partial charge on any atom is 0.315 e. The summed E-state index contributed by atoms with van der Waals surface area (Å²) in [5.41, 5.74) is 1.30. The van der Waals surface area contributed by atoms with E-state index < -0.39 is 0 Å². The minimum Gasteiger partial charge on any atom is -0.337 e. The number of hydrogen-bond donors (Lipinski definition) is 2. The molecule has 2 aromatic rings. The highest BCUT2D eigenvalue weighted by Gasteiger charge is 2.28. The predicted molar refractivity (Wildman–Crippen MR) is 94.0 cm³/mol. The summed E-state index contributed by atoms with van der Waals surface area (Å²) in [6, 6.07) is 10.4. The first-order valence-electron chi connectivity index (χ1n) is 8.69. The number of nitrogens with one attached hydrogen (secondary N) is 2. The fourth-order valence-corrected chi connectivity index (χ4v) is 3.17. The lowest BCUT2D eigenvalue weighted by Gasteiger charge is -2.25. The van der Waals surface area contributed by atoms with Gasteiger partial charge in [-0.1, -0.05) is 35.5 Å². The largest absolute Gasteiger partial charge is 0.337 e. The van der Waals surface area contributed by atoms with Crippen LogP contribution in [0.2, 0.25) is 0 Å². The molecule has 3 atom stereocenters. The van der Waals surface area contributed by atoms with Gasteiger partial charge in [-0.3, -0.25) is 4.90 Å². The van der Waals surface area contributed by atoms with Gasteiger partial charge in [0.05, 0.1) is 0 Å². The molecule has 1 fully saturated rings. The molecule has 2 amide bonds. The Morgan fingerprint density at radius 1 is 1.32 bits per heavy atom. The molecule has 1 aromatic heterocycles. The molecular formula is C18H25N5O2. The van der Waals surface area contributed by atoms with Gasteiger partial charge < -0.3 is 15.2 Å². The fraction of sp³-hybridized carbons (Fsp3) is 0.500. The van der Waals surface area contributed by atoms with Crippen LogP contribution in [0.1, 0.15) is 49.6 Å². The Labute approximate surface area is 147 Å². The van der Waals surface area contributed by atoms with Crippen molar-refractivity contribution in [1.29, 1.82) is 0 Å². The van der Waals surface area contributed by atoms with E-state index >= 15 is 0 Å². The second-order valence-corrected chi connectivity index (χ2v) is 6.59. The zero-order chi connectivity index (χ0) is 17.8. The molecule has 134 valence electrons. The van der Waals surface area contributed by atoms with Gasteiger partial charge in [-0.25, -0.2) is 4.79 Å². The molecule has 25 heavy (non-hydrogen) atoms. The summed E-state index contributed by atoms with van der Waals surface area (Å²) in [5.74, 6) is 0.976. The van der Waals surface area contributed by atoms with Crippen molar-refractivity contribution in [2.75, 3.05) is 13.1 Å². The van der Waals surface area contributed by atoms with E-state index in [1.54, 1.807) is 6.92 Å². The van der Waals surface area contributed by atoms with Crippen LogP contribution in [0.4, 0.5) is 4.79 Å². The van der Waals surface area contributed by atoms with Crippen molar-refractivity contribution in [2.24, 2.45) is 0 Å². The van der Waals surface area contributed by atoms with Gasteiger partial charge in [0.25, 0.3) is 0 Å². The first-order valence-corrected chi connectivity index (χ1v) is 8.69. The Morgan fingerprint density at radius 3 is 2.76 bits per heavy atom. The molecule has 0 bridgehead atoms. The van der Waals surface area contributed by atoms with Crippen LogP contribution in [0.25, 0.3) is 0 Å². The Balaban J connectivity index is 1.48. The van der Waals surface area contributed by atoms with Crippen LogP contribution in [-0.2, 0) is 0 Å². The lowest BCUT2D eigenvalue weighted by Crippen LogP contribution is -2.44. The lowest BCUT2D eigenvalue weighted by atomic mass is 10.1. The Kier molecular flexibility index (Phi) is 5.33. The van der Waals surface area contributed by atoms with Crippen molar-refractivity contribution in [3.8, 4) is 0 Å². The number of aromatic nitrogens is 2. The standard InChI is InChI=1S/C18H25N5O2/c1-12(17-20-14(3)22-25-17)19-18(24)21-16-9-10-23(11-16)13(2)15-7-5-4-6-8-15/h4-8,12-13,16H,9-11H2,1-3H3,(H2,19,21,24)/t12-,13+,16-/m0/s1. The first kappa shape index (κ1) is 17.4. The van der Waals surface area contributed by atoms with Gasteiger partial charge in [-0.05, 0) is 32.8 Å². The number of benzene rings is 1. The maximum absolute atomic E-state index is 12.2. The molecule has 1 aliphatic rings. The van der Waals surface area contributed by atoms with Crippen molar-refractivity contribution >= 4 is 6.03 Å². The third-order valence-corrected chi connectivity index (χ3v) is 4.65. The molecule has 0 radical (unpaired) electrons. The van der Waals surface area contributed by atoms with Crippen LogP contribution in [-0.4, -0.2) is 40.2 Å². The molecule has 0 spiro atoms. The summed E-state index contributed by atoms with van der Waals surface area (Å²) < 4.78 is 5.08. The second kappa shape index (κ2) is 7.65. The molecule has 0 aliphatic carbocycles. The molecule has 1 aromatic carbocycles. The van der Waals surface area contributed by atoms with Gasteiger partial charge in [0.2, 0.25) is 5.89 Å². The number of aryl methyl sites for hydroxylation is 1. The number of carbonyl (C=O) groups is 1. The minimum atomic E-state index is -0.318. The van der Waals surface area contributed by atoms with Crippen molar-refractivity contribution in [3.63, 3.8) is 0 Å². The SMILES string of the molecule is Cc1noc([C@H](C)NC(=O)N[C@H]2CCN([C@H](C)c3ccccc3)C2)n1. The normalized spacial score (nSPS) is 20.2. The monoisotopic (exact) mass is 343 g/mol. The molecule has 1 aliphatic heterocycles. The summed E-state index contributed by atoms with van der Waals surface area (Å²) in [4.78, 5) is 18.7. The van der Waals surface area contributed by atoms with E-state index in [9.17, 15) is 4.79 Å². The summed E-state index contributed by atoms with van der Waals surface area (Å²) >= 11 is 0. The number of nitrogens with zero attached hydrogens (tertiary/aromatic N) is 3. The zero-order valence-electron chi connectivity index (χ0n) is 14.9. The topological polar surface area (TPSA) is 83.3 Å². The molecule has 1 saturated heterocycles. The number of rotatable bonds is 5. The van der Waals surface area contributed by atoms with E-state index in [1.807, 2.05) is 13.0 Å². The predicted octanol–water partition coefficient (Wildman–Crippen LogP) is 2.57. The molecular weight excluding hydrogens is 318 g/mol. The first-order chi connectivity index (χ1) is 12.0. The Hall–Kier alpha value is -2.41. The van der Waals surface area contributed by atoms with Crippen LogP contribution in [0.3, 0.4) is 0 Å². The van der Waals surface area contributed by atoms with Crippen LogP contribution in [0, 0.1) is 6.92 Å². The Morgan fingerprint density at radius 2 is 2.08 bits per heavy atom. The highest BCUT2D eigenvalue weighted by atomic mass is 16.5. The van der Waals surface area contributed by atoms with Crippen LogP contribution >= 0.6 is 0 Å². The molecule has 2 heterocycles. The smallest absolute Gasteiger partial charge is 0.315 e. The van der Waals surface area contributed by atoms with E-state index in [-0.39, 0.29) is 18.1 Å². The van der Waals surface area contributed by atoms with Gasteiger partial charge in [-0.15, -0.1) is 0 Å². The highest BCUT2D eigenvalue weighted by molar-refractivity contribution is 5.74. The lowest BCUT2D eigenvalue weighted by molar-refractivity contribution is 0.226. The van der Waals surface area contributed by atoms with Gasteiger partial charge in [0, 0.05) is 25.2 Å². The van der Waals surface area contributed by atoms with E-state index in [0.29, 0.717) is 17.8 Å². The number of amides is 2. The maximum atomic E-state index is 12.2. The minimum absolute atomic E-state index is 0.141. The third kappa shape index (κ3) is 4.36. The highest BCUT2D eigenvalue weighted by Crippen LogP contribution is 2.24. The van der Waals surface area contributed by atoms with Crippen molar-refractivity contribution in [2.45, 2.75) is 45.3 Å². The third-order valence-electron chi connectivity index (χ3n) is 4.65. The number of likely N-dealkylation sites (tertiary alicyclic amines) is 1. The number of hydrogen-bond acceptors (Lipinski definition) is 5. The molecule has 0 unspecified atom stereocenters. The van der Waals surface area contributed by atoms with E-state index in [2.05, 4.69) is 56.9 Å². The van der Waals surface area contributed by atoms with Gasteiger partial charge in [0.1, 0.15) is 6.04 Å². The molecule has 7 nitrogen and oxygen atoms in total. The second-order valence-electron chi connectivity index (χ2n) is 6.59. The van der Waals surface area contributed by atoms with Gasteiger partial charge in [-0.2, -0.15) is 4.98 Å². The number of carbonyl (C=O) groups excluding carboxylic acids is 1. The molecule has 2 N–H and O–H groups in total. The average Bonchev–Trinajstić information content (AvgIpc) is 3.24. The average molecular weight is 343 g/mol. The molecule has 0 saturated carbocycles.